The van der Waals surface area contributed by atoms with Gasteiger partial charge in [-0.1, -0.05) is 28.6 Å². The van der Waals surface area contributed by atoms with Crippen molar-refractivity contribution in [2.75, 3.05) is 0 Å². The van der Waals surface area contributed by atoms with Crippen LogP contribution in [-0.2, 0) is 6.54 Å². The maximum absolute atomic E-state index is 11.7. The van der Waals surface area contributed by atoms with Gasteiger partial charge in [0.15, 0.2) is 5.65 Å². The van der Waals surface area contributed by atoms with Crippen LogP contribution in [0.2, 0.25) is 0 Å². The van der Waals surface area contributed by atoms with E-state index in [0.29, 0.717) is 12.2 Å². The van der Waals surface area contributed by atoms with Gasteiger partial charge < -0.3 is 0 Å². The van der Waals surface area contributed by atoms with Crippen LogP contribution in [-0.4, -0.2) is 14.2 Å². The molecule has 2 rings (SSSR count). The minimum Gasteiger partial charge on any atom is -0.250 e. The molecule has 0 atom stereocenters. The zero-order valence-electron chi connectivity index (χ0n) is 7.35. The molecule has 2 heterocycles. The molecule has 4 nitrogen and oxygen atoms in total. The van der Waals surface area contributed by atoms with E-state index in [0.717, 1.165) is 4.48 Å². The van der Waals surface area contributed by atoms with Crippen LogP contribution in [0.25, 0.3) is 5.65 Å². The summed E-state index contributed by atoms with van der Waals surface area (Å²) in [5.74, 6) is 0. The second-order valence-electron chi connectivity index (χ2n) is 2.89. The highest BCUT2D eigenvalue weighted by atomic mass is 79.9. The molecule has 0 unspecified atom stereocenters. The summed E-state index contributed by atoms with van der Waals surface area (Å²) < 4.78 is 3.59. The number of aromatic nitrogens is 3. The third-order valence-electron chi connectivity index (χ3n) is 1.81. The van der Waals surface area contributed by atoms with Crippen molar-refractivity contribution in [2.45, 2.75) is 6.54 Å². The predicted molar refractivity (Wildman–Crippen MR) is 57.5 cm³/mol. The van der Waals surface area contributed by atoms with Gasteiger partial charge in [-0.15, -0.1) is 5.10 Å². The smallest absolute Gasteiger partial charge is 0.250 e. The summed E-state index contributed by atoms with van der Waals surface area (Å²) in [6.45, 7) is 4.06. The Hall–Kier alpha value is -1.36. The molecule has 0 saturated heterocycles. The van der Waals surface area contributed by atoms with Crippen LogP contribution in [0.1, 0.15) is 0 Å². The normalized spacial score (nSPS) is 10.6. The number of pyridine rings is 1. The van der Waals surface area contributed by atoms with Crippen LogP contribution >= 0.6 is 15.9 Å². The van der Waals surface area contributed by atoms with Gasteiger partial charge in [0.1, 0.15) is 0 Å². The maximum Gasteiger partial charge on any atom is 0.350 e. The van der Waals surface area contributed by atoms with E-state index in [4.69, 9.17) is 0 Å². The highest BCUT2D eigenvalue weighted by Gasteiger charge is 2.04. The first-order valence-corrected chi connectivity index (χ1v) is 4.85. The van der Waals surface area contributed by atoms with Gasteiger partial charge in [-0.2, -0.15) is 0 Å². The molecule has 0 N–H and O–H groups in total. The highest BCUT2D eigenvalue weighted by molar-refractivity contribution is 9.11. The van der Waals surface area contributed by atoms with Gasteiger partial charge in [-0.25, -0.2) is 9.48 Å². The first-order valence-electron chi connectivity index (χ1n) is 4.06. The Morgan fingerprint density at radius 2 is 2.36 bits per heavy atom. The second kappa shape index (κ2) is 3.42. The number of rotatable bonds is 2. The summed E-state index contributed by atoms with van der Waals surface area (Å²) in [6, 6.07) is 5.42. The van der Waals surface area contributed by atoms with Crippen molar-refractivity contribution in [3.63, 3.8) is 0 Å². The van der Waals surface area contributed by atoms with Gasteiger partial charge in [-0.05, 0) is 12.1 Å². The average molecular weight is 254 g/mol. The van der Waals surface area contributed by atoms with Gasteiger partial charge >= 0.3 is 5.69 Å². The molecule has 0 bridgehead atoms. The summed E-state index contributed by atoms with van der Waals surface area (Å²) in [6.07, 6.45) is 1.69. The van der Waals surface area contributed by atoms with Crippen molar-refractivity contribution in [3.8, 4) is 0 Å². The van der Waals surface area contributed by atoms with E-state index < -0.39 is 0 Å². The van der Waals surface area contributed by atoms with Crippen molar-refractivity contribution < 1.29 is 0 Å². The van der Waals surface area contributed by atoms with Crippen molar-refractivity contribution in [1.82, 2.24) is 14.2 Å². The van der Waals surface area contributed by atoms with Crippen molar-refractivity contribution in [1.29, 1.82) is 0 Å². The van der Waals surface area contributed by atoms with E-state index in [1.54, 1.807) is 18.3 Å². The SMILES string of the molecule is C=C(Br)Cn1nc2ccccn2c1=O. The Morgan fingerprint density at radius 3 is 3.00 bits per heavy atom. The molecule has 0 amide bonds. The van der Waals surface area contributed by atoms with E-state index in [1.165, 1.54) is 9.08 Å². The van der Waals surface area contributed by atoms with Crippen LogP contribution in [0.4, 0.5) is 0 Å². The molecule has 0 fully saturated rings. The van der Waals surface area contributed by atoms with E-state index in [9.17, 15) is 4.79 Å². The van der Waals surface area contributed by atoms with Crippen LogP contribution in [0.3, 0.4) is 0 Å². The molecule has 0 spiro atoms. The molecule has 0 saturated carbocycles. The van der Waals surface area contributed by atoms with Crippen LogP contribution in [0, 0.1) is 0 Å². The summed E-state index contributed by atoms with van der Waals surface area (Å²) >= 11 is 3.20. The quantitative estimate of drug-likeness (QED) is 0.812. The lowest BCUT2D eigenvalue weighted by Crippen LogP contribution is -2.20. The van der Waals surface area contributed by atoms with Crippen LogP contribution < -0.4 is 5.69 Å². The van der Waals surface area contributed by atoms with Crippen molar-refractivity contribution >= 4 is 21.6 Å². The molecule has 0 aliphatic carbocycles. The van der Waals surface area contributed by atoms with Crippen LogP contribution in [0.5, 0.6) is 0 Å². The van der Waals surface area contributed by atoms with E-state index in [2.05, 4.69) is 27.6 Å². The fraction of sp³-hybridized carbons (Fsp3) is 0.111. The molecule has 72 valence electrons. The molecule has 0 aromatic carbocycles. The monoisotopic (exact) mass is 253 g/mol. The molecule has 0 radical (unpaired) electrons. The summed E-state index contributed by atoms with van der Waals surface area (Å²) in [5, 5.41) is 4.13. The Bertz CT molecular complexity index is 540. The molecular formula is C9H8BrN3O. The fourth-order valence-corrected chi connectivity index (χ4v) is 1.47. The number of hydrogen-bond donors (Lipinski definition) is 0. The first kappa shape index (κ1) is 9.21. The lowest BCUT2D eigenvalue weighted by atomic mass is 10.5. The van der Waals surface area contributed by atoms with Gasteiger partial charge in [-0.3, -0.25) is 4.40 Å². The largest absolute Gasteiger partial charge is 0.350 e. The molecule has 5 heteroatoms. The molecule has 14 heavy (non-hydrogen) atoms. The van der Waals surface area contributed by atoms with Gasteiger partial charge in [0, 0.05) is 10.7 Å². The molecule has 2 aromatic heterocycles. The summed E-state index contributed by atoms with van der Waals surface area (Å²) in [5.41, 5.74) is 0.493. The molecular weight excluding hydrogens is 246 g/mol. The molecule has 0 aliphatic rings. The fourth-order valence-electron chi connectivity index (χ4n) is 1.23. The van der Waals surface area contributed by atoms with Gasteiger partial charge in [0.05, 0.1) is 6.54 Å². The minimum absolute atomic E-state index is 0.152. The Kier molecular flexibility index (Phi) is 2.25. The highest BCUT2D eigenvalue weighted by Crippen LogP contribution is 2.03. The van der Waals surface area contributed by atoms with E-state index in [1.807, 2.05) is 6.07 Å². The number of hydrogen-bond acceptors (Lipinski definition) is 2. The van der Waals surface area contributed by atoms with Gasteiger partial charge in [0.2, 0.25) is 0 Å². The average Bonchev–Trinajstić information content (AvgIpc) is 2.44. The zero-order chi connectivity index (χ0) is 10.1. The maximum atomic E-state index is 11.7. The number of allylic oxidation sites excluding steroid dienone is 1. The second-order valence-corrected chi connectivity index (χ2v) is 4.01. The number of halogens is 1. The van der Waals surface area contributed by atoms with Crippen molar-refractivity contribution in [2.24, 2.45) is 0 Å². The molecule has 2 aromatic rings. The third kappa shape index (κ3) is 1.50. The summed E-state index contributed by atoms with van der Waals surface area (Å²) in [7, 11) is 0. The lowest BCUT2D eigenvalue weighted by Gasteiger charge is -1.93. The Labute approximate surface area is 88.6 Å². The first-order chi connectivity index (χ1) is 6.68. The Balaban J connectivity index is 2.63. The third-order valence-corrected chi connectivity index (χ3v) is 2.06. The van der Waals surface area contributed by atoms with Crippen molar-refractivity contribution in [3.05, 3.63) is 45.9 Å². The van der Waals surface area contributed by atoms with Crippen LogP contribution in [0.15, 0.2) is 40.3 Å². The van der Waals surface area contributed by atoms with Gasteiger partial charge in [0.25, 0.3) is 0 Å². The number of nitrogens with zero attached hydrogens (tertiary/aromatic N) is 3. The minimum atomic E-state index is -0.152. The number of fused-ring (bicyclic) bond motifs is 1. The van der Waals surface area contributed by atoms with E-state index >= 15 is 0 Å². The Morgan fingerprint density at radius 1 is 1.57 bits per heavy atom. The topological polar surface area (TPSA) is 39.3 Å². The summed E-state index contributed by atoms with van der Waals surface area (Å²) in [4.78, 5) is 11.7. The zero-order valence-corrected chi connectivity index (χ0v) is 8.94. The molecule has 0 aliphatic heterocycles. The standard InChI is InChI=1S/C9H8BrN3O/c1-7(10)6-13-9(14)12-5-3-2-4-8(12)11-13/h2-5H,1,6H2. The predicted octanol–water partition coefficient (Wildman–Crippen LogP) is 1.40. The van der Waals surface area contributed by atoms with E-state index in [-0.39, 0.29) is 5.69 Å². The lowest BCUT2D eigenvalue weighted by molar-refractivity contribution is 0.669.